The van der Waals surface area contributed by atoms with Crippen LogP contribution in [0.1, 0.15) is 10.4 Å². The number of carbonyl (C=O) groups is 1. The van der Waals surface area contributed by atoms with Gasteiger partial charge in [-0.15, -0.1) is 0 Å². The molecule has 0 unspecified atom stereocenters. The minimum absolute atomic E-state index is 0.235. The van der Waals surface area contributed by atoms with Gasteiger partial charge in [0.15, 0.2) is 0 Å². The molecule has 0 radical (unpaired) electrons. The minimum atomic E-state index is -0.461. The highest BCUT2D eigenvalue weighted by Crippen LogP contribution is 2.20. The Hall–Kier alpha value is -3.67. The van der Waals surface area contributed by atoms with Gasteiger partial charge in [0.05, 0.1) is 17.6 Å². The van der Waals surface area contributed by atoms with Gasteiger partial charge < -0.3 is 9.30 Å². The predicted molar refractivity (Wildman–Crippen MR) is 106 cm³/mol. The van der Waals surface area contributed by atoms with E-state index in [1.54, 1.807) is 6.07 Å². The van der Waals surface area contributed by atoms with Crippen LogP contribution in [0.25, 0.3) is 11.0 Å². The largest absolute Gasteiger partial charge is 0.492 e. The van der Waals surface area contributed by atoms with Gasteiger partial charge in [-0.1, -0.05) is 36.4 Å². The molecule has 0 aliphatic rings. The van der Waals surface area contributed by atoms with Gasteiger partial charge in [-0.25, -0.2) is 9.37 Å². The summed E-state index contributed by atoms with van der Waals surface area (Å²) in [5.74, 6) is 0.293. The average molecular weight is 375 g/mol. The number of amides is 1. The molecule has 0 bridgehead atoms. The third-order valence-corrected chi connectivity index (χ3v) is 4.29. The van der Waals surface area contributed by atoms with E-state index < -0.39 is 11.7 Å². The third-order valence-electron chi connectivity index (χ3n) is 4.29. The quantitative estimate of drug-likeness (QED) is 0.540. The lowest BCUT2D eigenvalue weighted by Gasteiger charge is -2.11. The minimum Gasteiger partial charge on any atom is -0.492 e. The summed E-state index contributed by atoms with van der Waals surface area (Å²) in [6.07, 6.45) is 0. The summed E-state index contributed by atoms with van der Waals surface area (Å²) in [4.78, 5) is 17.0. The number of anilines is 1. The molecular formula is C22H18FN3O2. The lowest BCUT2D eigenvalue weighted by molar-refractivity contribution is 0.102. The number of imidazole rings is 1. The second-order valence-corrected chi connectivity index (χ2v) is 6.20. The molecule has 1 amide bonds. The molecule has 6 heteroatoms. The number of ether oxygens (including phenoxy) is 1. The first kappa shape index (κ1) is 17.7. The second-order valence-electron chi connectivity index (χ2n) is 6.20. The van der Waals surface area contributed by atoms with Crippen LogP contribution >= 0.6 is 0 Å². The fraction of sp³-hybridized carbons (Fsp3) is 0.0909. The number of nitrogens with zero attached hydrogens (tertiary/aromatic N) is 2. The molecule has 140 valence electrons. The van der Waals surface area contributed by atoms with Crippen LogP contribution in [0.3, 0.4) is 0 Å². The Balaban J connectivity index is 1.57. The molecule has 4 rings (SSSR count). The molecule has 1 heterocycles. The Bertz CT molecular complexity index is 1110. The maximum absolute atomic E-state index is 13.4. The summed E-state index contributed by atoms with van der Waals surface area (Å²) in [7, 11) is 0. The fourth-order valence-electron chi connectivity index (χ4n) is 2.97. The van der Waals surface area contributed by atoms with Crippen molar-refractivity contribution in [2.45, 2.75) is 6.54 Å². The molecule has 0 fully saturated rings. The first-order valence-corrected chi connectivity index (χ1v) is 8.91. The molecule has 0 saturated heterocycles. The molecule has 0 spiro atoms. The fourth-order valence-corrected chi connectivity index (χ4v) is 2.97. The summed E-state index contributed by atoms with van der Waals surface area (Å²) < 4.78 is 21.1. The van der Waals surface area contributed by atoms with Crippen molar-refractivity contribution in [2.24, 2.45) is 0 Å². The van der Waals surface area contributed by atoms with Crippen molar-refractivity contribution in [3.8, 4) is 5.75 Å². The zero-order valence-electron chi connectivity index (χ0n) is 15.0. The van der Waals surface area contributed by atoms with E-state index in [9.17, 15) is 9.18 Å². The van der Waals surface area contributed by atoms with Crippen LogP contribution in [-0.4, -0.2) is 22.1 Å². The van der Waals surface area contributed by atoms with Gasteiger partial charge in [0.1, 0.15) is 18.2 Å². The van der Waals surface area contributed by atoms with E-state index >= 15 is 0 Å². The number of benzene rings is 3. The monoisotopic (exact) mass is 375 g/mol. The molecule has 1 N–H and O–H groups in total. The van der Waals surface area contributed by atoms with E-state index in [0.717, 1.165) is 16.8 Å². The van der Waals surface area contributed by atoms with Crippen molar-refractivity contribution in [2.75, 3.05) is 11.9 Å². The van der Waals surface area contributed by atoms with Gasteiger partial charge in [0.25, 0.3) is 5.91 Å². The van der Waals surface area contributed by atoms with Crippen molar-refractivity contribution in [1.82, 2.24) is 9.55 Å². The lowest BCUT2D eigenvalue weighted by atomic mass is 10.2. The molecule has 3 aromatic carbocycles. The summed E-state index contributed by atoms with van der Waals surface area (Å²) >= 11 is 0. The first-order valence-electron chi connectivity index (χ1n) is 8.91. The second kappa shape index (κ2) is 7.92. The third kappa shape index (κ3) is 3.86. The Morgan fingerprint density at radius 1 is 1.00 bits per heavy atom. The number of halogens is 1. The van der Waals surface area contributed by atoms with Crippen molar-refractivity contribution in [3.05, 3.63) is 90.2 Å². The van der Waals surface area contributed by atoms with E-state index in [1.807, 2.05) is 59.2 Å². The normalized spacial score (nSPS) is 10.8. The zero-order valence-corrected chi connectivity index (χ0v) is 15.0. The van der Waals surface area contributed by atoms with Crippen LogP contribution < -0.4 is 10.1 Å². The summed E-state index contributed by atoms with van der Waals surface area (Å²) in [5, 5.41) is 2.78. The SMILES string of the molecule is O=C(Nc1nc2ccccc2n1CCOc1ccccc1)c1cccc(F)c1. The van der Waals surface area contributed by atoms with Gasteiger partial charge in [-0.05, 0) is 42.5 Å². The predicted octanol–water partition coefficient (Wildman–Crippen LogP) is 4.51. The first-order chi connectivity index (χ1) is 13.7. The molecule has 28 heavy (non-hydrogen) atoms. The lowest BCUT2D eigenvalue weighted by Crippen LogP contribution is -2.18. The smallest absolute Gasteiger partial charge is 0.258 e. The maximum Gasteiger partial charge on any atom is 0.258 e. The van der Waals surface area contributed by atoms with Gasteiger partial charge in [0, 0.05) is 5.56 Å². The highest BCUT2D eigenvalue weighted by atomic mass is 19.1. The molecule has 0 atom stereocenters. The molecular weight excluding hydrogens is 357 g/mol. The number of aromatic nitrogens is 2. The van der Waals surface area contributed by atoms with Gasteiger partial charge >= 0.3 is 0 Å². The molecule has 0 aliphatic carbocycles. The number of carbonyl (C=O) groups excluding carboxylic acids is 1. The summed E-state index contributed by atoms with van der Waals surface area (Å²) in [6, 6.07) is 22.7. The molecule has 5 nitrogen and oxygen atoms in total. The van der Waals surface area contributed by atoms with Gasteiger partial charge in [0.2, 0.25) is 5.95 Å². The number of rotatable bonds is 6. The standard InChI is InChI=1S/C22H18FN3O2/c23-17-8-6-7-16(15-17)21(27)25-22-24-19-11-4-5-12-20(19)26(22)13-14-28-18-9-2-1-3-10-18/h1-12,15H,13-14H2,(H,24,25,27). The van der Waals surface area contributed by atoms with E-state index in [-0.39, 0.29) is 5.56 Å². The maximum atomic E-state index is 13.4. The number of para-hydroxylation sites is 3. The number of hydrogen-bond acceptors (Lipinski definition) is 3. The highest BCUT2D eigenvalue weighted by Gasteiger charge is 2.14. The zero-order chi connectivity index (χ0) is 19.3. The van der Waals surface area contributed by atoms with Gasteiger partial charge in [-0.3, -0.25) is 10.1 Å². The number of fused-ring (bicyclic) bond motifs is 1. The average Bonchev–Trinajstić information content (AvgIpc) is 3.06. The number of nitrogens with one attached hydrogen (secondary N) is 1. The van der Waals surface area contributed by atoms with Gasteiger partial charge in [-0.2, -0.15) is 0 Å². The van der Waals surface area contributed by atoms with Crippen molar-refractivity contribution < 1.29 is 13.9 Å². The summed E-state index contributed by atoms with van der Waals surface area (Å²) in [5.41, 5.74) is 1.88. The topological polar surface area (TPSA) is 56.2 Å². The summed E-state index contributed by atoms with van der Waals surface area (Å²) in [6.45, 7) is 0.904. The van der Waals surface area contributed by atoms with E-state index in [4.69, 9.17) is 4.74 Å². The van der Waals surface area contributed by atoms with Crippen LogP contribution in [0.2, 0.25) is 0 Å². The number of hydrogen-bond donors (Lipinski definition) is 1. The molecule has 0 saturated carbocycles. The Kier molecular flexibility index (Phi) is 5.01. The van der Waals surface area contributed by atoms with Crippen molar-refractivity contribution >= 4 is 22.9 Å². The van der Waals surface area contributed by atoms with Crippen molar-refractivity contribution in [3.63, 3.8) is 0 Å². The van der Waals surface area contributed by atoms with E-state index in [1.165, 1.54) is 18.2 Å². The molecule has 1 aromatic heterocycles. The van der Waals surface area contributed by atoms with Crippen LogP contribution in [0.5, 0.6) is 5.75 Å². The highest BCUT2D eigenvalue weighted by molar-refractivity contribution is 6.04. The Morgan fingerprint density at radius 3 is 2.61 bits per heavy atom. The van der Waals surface area contributed by atoms with E-state index in [2.05, 4.69) is 10.3 Å². The van der Waals surface area contributed by atoms with Crippen LogP contribution in [0.4, 0.5) is 10.3 Å². The molecule has 4 aromatic rings. The van der Waals surface area contributed by atoms with E-state index in [0.29, 0.717) is 19.1 Å². The Labute approximate surface area is 161 Å². The Morgan fingerprint density at radius 2 is 1.79 bits per heavy atom. The van der Waals surface area contributed by atoms with Crippen LogP contribution in [0, 0.1) is 5.82 Å². The van der Waals surface area contributed by atoms with Crippen LogP contribution in [-0.2, 0) is 6.54 Å². The van der Waals surface area contributed by atoms with Crippen molar-refractivity contribution in [1.29, 1.82) is 0 Å². The van der Waals surface area contributed by atoms with Crippen LogP contribution in [0.15, 0.2) is 78.9 Å². The molecule has 0 aliphatic heterocycles.